The maximum absolute atomic E-state index is 10.4. The van der Waals surface area contributed by atoms with Crippen molar-refractivity contribution in [1.82, 2.24) is 4.90 Å². The van der Waals surface area contributed by atoms with Gasteiger partial charge in [-0.25, -0.2) is 0 Å². The molecular formula is C15H22N4O8. The van der Waals surface area contributed by atoms with Gasteiger partial charge in [-0.05, 0) is 19.9 Å². The Morgan fingerprint density at radius 3 is 1.85 bits per heavy atom. The molecule has 0 bridgehead atoms. The summed E-state index contributed by atoms with van der Waals surface area (Å²) in [5, 5.41) is 48.9. The highest BCUT2D eigenvalue weighted by atomic mass is 16.6. The highest BCUT2D eigenvalue weighted by Crippen LogP contribution is 2.38. The fourth-order valence-electron chi connectivity index (χ4n) is 2.84. The second kappa shape index (κ2) is 10.3. The van der Waals surface area contributed by atoms with Gasteiger partial charge in [0.15, 0.2) is 0 Å². The Bertz CT molecular complexity index is 655. The first-order valence-electron chi connectivity index (χ1n) is 8.30. The van der Waals surface area contributed by atoms with E-state index in [1.165, 1.54) is 32.1 Å². The van der Waals surface area contributed by atoms with Crippen molar-refractivity contribution in [2.45, 2.75) is 38.1 Å². The van der Waals surface area contributed by atoms with E-state index < -0.39 is 37.6 Å². The number of nitrogens with zero attached hydrogens (tertiary/aromatic N) is 4. The summed E-state index contributed by atoms with van der Waals surface area (Å²) >= 11 is 0. The largest absolute Gasteiger partial charge is 0.497 e. The lowest BCUT2D eigenvalue weighted by Crippen LogP contribution is -2.35. The average molecular weight is 386 g/mol. The molecule has 2 N–H and O–H groups in total. The zero-order valence-corrected chi connectivity index (χ0v) is 14.8. The summed E-state index contributed by atoms with van der Waals surface area (Å²) in [4.78, 5) is 30.1. The number of nitro groups is 3. The molecule has 0 radical (unpaired) electrons. The predicted molar refractivity (Wildman–Crippen MR) is 94.7 cm³/mol. The lowest BCUT2D eigenvalue weighted by molar-refractivity contribution is -0.404. The lowest BCUT2D eigenvalue weighted by atomic mass is 9.94. The van der Waals surface area contributed by atoms with Crippen molar-refractivity contribution in [3.05, 3.63) is 42.5 Å². The minimum Gasteiger partial charge on any atom is -0.497 e. The molecule has 0 unspecified atom stereocenters. The molecule has 12 heteroatoms. The van der Waals surface area contributed by atoms with E-state index in [0.717, 1.165) is 12.6 Å². The van der Waals surface area contributed by atoms with Gasteiger partial charge >= 0.3 is 11.4 Å². The fourth-order valence-corrected chi connectivity index (χ4v) is 2.84. The predicted octanol–water partition coefficient (Wildman–Crippen LogP) is 2.36. The van der Waals surface area contributed by atoms with Crippen molar-refractivity contribution >= 4 is 17.1 Å². The summed E-state index contributed by atoms with van der Waals surface area (Å²) in [5.41, 5.74) is -3.00. The van der Waals surface area contributed by atoms with Gasteiger partial charge in [0.2, 0.25) is 0 Å². The zero-order valence-electron chi connectivity index (χ0n) is 14.8. The number of nitro benzene ring substituents is 3. The Morgan fingerprint density at radius 1 is 1.00 bits per heavy atom. The van der Waals surface area contributed by atoms with Crippen LogP contribution in [-0.2, 0) is 0 Å². The van der Waals surface area contributed by atoms with Crippen LogP contribution < -0.4 is 0 Å². The molecule has 1 aliphatic rings. The van der Waals surface area contributed by atoms with E-state index >= 15 is 0 Å². The first-order valence-corrected chi connectivity index (χ1v) is 8.30. The molecule has 0 saturated heterocycles. The molecule has 27 heavy (non-hydrogen) atoms. The number of non-ortho nitro benzene ring substituents is 1. The number of phenolic OH excluding ortho intramolecular Hbond substituents is 1. The van der Waals surface area contributed by atoms with E-state index in [9.17, 15) is 30.3 Å². The first-order chi connectivity index (χ1) is 12.7. The monoisotopic (exact) mass is 386 g/mol. The third-order valence-corrected chi connectivity index (χ3v) is 4.31. The van der Waals surface area contributed by atoms with Crippen molar-refractivity contribution in [2.24, 2.45) is 0 Å². The molecule has 1 aromatic carbocycles. The third-order valence-electron chi connectivity index (χ3n) is 4.31. The number of hydrogen-bond acceptors (Lipinski definition) is 9. The van der Waals surface area contributed by atoms with Crippen LogP contribution in [-0.4, -0.2) is 56.1 Å². The molecule has 150 valence electrons. The van der Waals surface area contributed by atoms with Crippen LogP contribution in [0, 0.1) is 30.3 Å². The second-order valence-electron chi connectivity index (χ2n) is 6.10. The van der Waals surface area contributed by atoms with E-state index in [4.69, 9.17) is 10.2 Å². The normalized spacial score (nSPS) is 14.3. The topological polar surface area (TPSA) is 173 Å². The standard InChI is InChI=1S/C9H19NO.C6H3N3O7/c1-10(7-8-11)9-5-3-2-4-6-9;10-6-4(8(13)14)1-3(7(11)12)2-5(6)9(15)16/h9,11H,2-8H2,1H3;1-2,10H. The van der Waals surface area contributed by atoms with Crippen LogP contribution in [0.15, 0.2) is 12.1 Å². The van der Waals surface area contributed by atoms with E-state index in [2.05, 4.69) is 11.9 Å². The number of rotatable bonds is 6. The Hall–Kier alpha value is -2.86. The zero-order chi connectivity index (χ0) is 20.6. The van der Waals surface area contributed by atoms with E-state index in [-0.39, 0.29) is 0 Å². The summed E-state index contributed by atoms with van der Waals surface area (Å²) in [6.45, 7) is 1.14. The molecule has 1 fully saturated rings. The second-order valence-corrected chi connectivity index (χ2v) is 6.10. The average Bonchev–Trinajstić information content (AvgIpc) is 2.62. The highest BCUT2D eigenvalue weighted by molar-refractivity contribution is 5.64. The maximum atomic E-state index is 10.4. The van der Waals surface area contributed by atoms with Crippen molar-refractivity contribution in [3.8, 4) is 5.75 Å². The van der Waals surface area contributed by atoms with E-state index in [1.54, 1.807) is 0 Å². The molecular weight excluding hydrogens is 364 g/mol. The number of aliphatic hydroxyl groups excluding tert-OH is 1. The van der Waals surface area contributed by atoms with Gasteiger partial charge in [-0.3, -0.25) is 30.3 Å². The first kappa shape index (κ1) is 22.2. The minimum atomic E-state index is -1.21. The molecule has 0 aliphatic heterocycles. The lowest BCUT2D eigenvalue weighted by Gasteiger charge is -2.30. The molecule has 0 aromatic heterocycles. The van der Waals surface area contributed by atoms with Crippen molar-refractivity contribution < 1.29 is 25.0 Å². The van der Waals surface area contributed by atoms with Gasteiger partial charge < -0.3 is 15.1 Å². The van der Waals surface area contributed by atoms with Crippen LogP contribution in [0.2, 0.25) is 0 Å². The van der Waals surface area contributed by atoms with Crippen LogP contribution in [0.5, 0.6) is 5.75 Å². The smallest absolute Gasteiger partial charge is 0.324 e. The highest BCUT2D eigenvalue weighted by Gasteiger charge is 2.30. The van der Waals surface area contributed by atoms with Crippen LogP contribution in [0.4, 0.5) is 17.1 Å². The Balaban J connectivity index is 0.000000289. The van der Waals surface area contributed by atoms with Gasteiger partial charge in [-0.1, -0.05) is 19.3 Å². The van der Waals surface area contributed by atoms with Crippen molar-refractivity contribution in [3.63, 3.8) is 0 Å². The van der Waals surface area contributed by atoms with E-state index in [1.807, 2.05) is 0 Å². The number of aliphatic hydroxyl groups is 1. The Kier molecular flexibility index (Phi) is 8.48. The van der Waals surface area contributed by atoms with Gasteiger partial charge in [0.1, 0.15) is 0 Å². The van der Waals surface area contributed by atoms with Crippen LogP contribution in [0.1, 0.15) is 32.1 Å². The van der Waals surface area contributed by atoms with Gasteiger partial charge in [0.05, 0.1) is 33.5 Å². The van der Waals surface area contributed by atoms with Crippen LogP contribution in [0.3, 0.4) is 0 Å². The van der Waals surface area contributed by atoms with E-state index in [0.29, 0.717) is 18.7 Å². The summed E-state index contributed by atoms with van der Waals surface area (Å²) < 4.78 is 0. The Morgan fingerprint density at radius 2 is 1.48 bits per heavy atom. The van der Waals surface area contributed by atoms with Crippen molar-refractivity contribution in [1.29, 1.82) is 0 Å². The number of phenols is 1. The number of likely N-dealkylation sites (N-methyl/N-ethyl adjacent to an activating group) is 1. The molecule has 0 amide bonds. The molecule has 0 atom stereocenters. The molecule has 1 saturated carbocycles. The van der Waals surface area contributed by atoms with Crippen molar-refractivity contribution in [2.75, 3.05) is 20.2 Å². The van der Waals surface area contributed by atoms with Gasteiger partial charge in [-0.15, -0.1) is 0 Å². The number of hydrogen-bond donors (Lipinski definition) is 2. The van der Waals surface area contributed by atoms with Gasteiger partial charge in [0.25, 0.3) is 11.4 Å². The Labute approximate surface area is 154 Å². The molecule has 12 nitrogen and oxygen atoms in total. The fraction of sp³-hybridized carbons (Fsp3) is 0.600. The summed E-state index contributed by atoms with van der Waals surface area (Å²) in [5.74, 6) is -1.21. The van der Waals surface area contributed by atoms with Crippen LogP contribution in [0.25, 0.3) is 0 Å². The van der Waals surface area contributed by atoms with Crippen LogP contribution >= 0.6 is 0 Å². The van der Waals surface area contributed by atoms with Gasteiger partial charge in [-0.2, -0.15) is 0 Å². The molecule has 1 aromatic rings. The minimum absolute atomic E-state index is 0.299. The maximum Gasteiger partial charge on any atom is 0.324 e. The number of aromatic hydroxyl groups is 1. The molecule has 2 rings (SSSR count). The SMILES string of the molecule is CN(CCO)C1CCCCC1.O=[N+]([O-])c1cc([N+](=O)[O-])c(O)c([N+](=O)[O-])c1. The molecule has 1 aliphatic carbocycles. The quantitative estimate of drug-likeness (QED) is 0.549. The summed E-state index contributed by atoms with van der Waals surface area (Å²) in [7, 11) is 2.12. The van der Waals surface area contributed by atoms with Gasteiger partial charge in [0, 0.05) is 12.6 Å². The third kappa shape index (κ3) is 6.42. The number of benzene rings is 1. The summed E-state index contributed by atoms with van der Waals surface area (Å²) in [6, 6.07) is 1.64. The molecule has 0 heterocycles. The molecule has 0 spiro atoms. The summed E-state index contributed by atoms with van der Waals surface area (Å²) in [6.07, 6.45) is 6.82.